The highest BCUT2D eigenvalue weighted by Gasteiger charge is 2.15. The second kappa shape index (κ2) is 10.9. The van der Waals surface area contributed by atoms with E-state index in [1.165, 1.54) is 25.3 Å². The van der Waals surface area contributed by atoms with Crippen molar-refractivity contribution in [3.8, 4) is 17.6 Å². The number of nitrogens with one attached hydrogen (secondary N) is 1. The zero-order valence-electron chi connectivity index (χ0n) is 17.8. The number of benzene rings is 3. The lowest BCUT2D eigenvalue weighted by Gasteiger charge is -2.14. The molecule has 33 heavy (non-hydrogen) atoms. The SMILES string of the molecule is COc1cc(/C=C(/C#N)C(=O)Nc2cccc(Cl)c2C)cc(Cl)c1OCc1ccc(F)cc1. The fourth-order valence-corrected chi connectivity index (χ4v) is 3.40. The third-order valence-corrected chi connectivity index (χ3v) is 5.43. The van der Waals surface area contributed by atoms with E-state index in [9.17, 15) is 14.4 Å². The largest absolute Gasteiger partial charge is 0.493 e. The number of ether oxygens (including phenoxy) is 2. The molecule has 0 aliphatic heterocycles. The minimum absolute atomic E-state index is 0.132. The Morgan fingerprint density at radius 3 is 2.55 bits per heavy atom. The summed E-state index contributed by atoms with van der Waals surface area (Å²) in [5.74, 6) is -0.319. The van der Waals surface area contributed by atoms with Crippen LogP contribution < -0.4 is 14.8 Å². The fraction of sp³-hybridized carbons (Fsp3) is 0.120. The van der Waals surface area contributed by atoms with Crippen LogP contribution in [0.5, 0.6) is 11.5 Å². The van der Waals surface area contributed by atoms with E-state index in [0.717, 1.165) is 5.56 Å². The van der Waals surface area contributed by atoms with Crippen LogP contribution in [0.15, 0.2) is 60.2 Å². The third kappa shape index (κ3) is 6.04. The van der Waals surface area contributed by atoms with Crippen LogP contribution in [0.2, 0.25) is 10.0 Å². The molecular formula is C25H19Cl2FN2O3. The number of methoxy groups -OCH3 is 1. The Morgan fingerprint density at radius 2 is 1.88 bits per heavy atom. The molecule has 168 valence electrons. The molecule has 0 aromatic heterocycles. The first-order valence-corrected chi connectivity index (χ1v) is 10.5. The normalized spacial score (nSPS) is 11.0. The maximum absolute atomic E-state index is 13.1. The van der Waals surface area contributed by atoms with Gasteiger partial charge in [0, 0.05) is 10.7 Å². The molecule has 0 aliphatic rings. The van der Waals surface area contributed by atoms with Gasteiger partial charge in [0.05, 0.1) is 12.1 Å². The van der Waals surface area contributed by atoms with E-state index in [-0.39, 0.29) is 28.8 Å². The van der Waals surface area contributed by atoms with Crippen LogP contribution in [0.25, 0.3) is 6.08 Å². The van der Waals surface area contributed by atoms with Gasteiger partial charge >= 0.3 is 0 Å². The van der Waals surface area contributed by atoms with Crippen LogP contribution in [-0.4, -0.2) is 13.0 Å². The minimum atomic E-state index is -0.588. The molecule has 1 N–H and O–H groups in total. The number of amides is 1. The molecule has 1 amide bonds. The van der Waals surface area contributed by atoms with Crippen molar-refractivity contribution in [2.75, 3.05) is 12.4 Å². The van der Waals surface area contributed by atoms with Crippen molar-refractivity contribution in [3.05, 3.63) is 92.7 Å². The van der Waals surface area contributed by atoms with Crippen LogP contribution >= 0.6 is 23.2 Å². The zero-order valence-corrected chi connectivity index (χ0v) is 19.3. The maximum atomic E-state index is 13.1. The number of carbonyl (C=O) groups excluding carboxylic acids is 1. The number of hydrogen-bond acceptors (Lipinski definition) is 4. The van der Waals surface area contributed by atoms with E-state index >= 15 is 0 Å². The molecule has 0 saturated carbocycles. The number of nitrogens with zero attached hydrogens (tertiary/aromatic N) is 1. The quantitative estimate of drug-likeness (QED) is 0.303. The molecule has 0 bridgehead atoms. The Bertz CT molecular complexity index is 1250. The van der Waals surface area contributed by atoms with Gasteiger partial charge < -0.3 is 14.8 Å². The Labute approximate surface area is 201 Å². The van der Waals surface area contributed by atoms with Crippen LogP contribution in [0.3, 0.4) is 0 Å². The predicted octanol–water partition coefficient (Wildman–Crippen LogP) is 6.57. The monoisotopic (exact) mass is 484 g/mol. The highest BCUT2D eigenvalue weighted by molar-refractivity contribution is 6.32. The molecule has 0 unspecified atom stereocenters. The molecule has 0 saturated heterocycles. The molecule has 5 nitrogen and oxygen atoms in total. The Morgan fingerprint density at radius 1 is 1.15 bits per heavy atom. The molecule has 0 fully saturated rings. The van der Waals surface area contributed by atoms with Crippen molar-refractivity contribution in [3.63, 3.8) is 0 Å². The van der Waals surface area contributed by atoms with Crippen molar-refractivity contribution < 1.29 is 18.7 Å². The van der Waals surface area contributed by atoms with Gasteiger partial charge in [0.1, 0.15) is 24.1 Å². The lowest BCUT2D eigenvalue weighted by atomic mass is 10.1. The van der Waals surface area contributed by atoms with E-state index < -0.39 is 5.91 Å². The molecule has 3 aromatic rings. The number of rotatable bonds is 7. The smallest absolute Gasteiger partial charge is 0.266 e. The Balaban J connectivity index is 1.83. The van der Waals surface area contributed by atoms with Crippen LogP contribution in [0.4, 0.5) is 10.1 Å². The van der Waals surface area contributed by atoms with Crippen molar-refractivity contribution >= 4 is 40.9 Å². The molecular weight excluding hydrogens is 466 g/mol. The van der Waals surface area contributed by atoms with Gasteiger partial charge in [-0.1, -0.05) is 41.4 Å². The number of nitriles is 1. The molecule has 0 radical (unpaired) electrons. The highest BCUT2D eigenvalue weighted by Crippen LogP contribution is 2.37. The van der Waals surface area contributed by atoms with E-state index in [1.807, 2.05) is 6.07 Å². The summed E-state index contributed by atoms with van der Waals surface area (Å²) >= 11 is 12.5. The third-order valence-electron chi connectivity index (χ3n) is 4.74. The first-order valence-electron chi connectivity index (χ1n) is 9.75. The van der Waals surface area contributed by atoms with E-state index in [4.69, 9.17) is 32.7 Å². The standard InChI is InChI=1S/C25H19Cl2FN2O3/c1-15-20(26)4-3-5-22(15)30-25(31)18(13-29)10-17-11-21(27)24(23(12-17)32-2)33-14-16-6-8-19(28)9-7-16/h3-12H,14H2,1-2H3,(H,30,31)/b18-10-. The zero-order chi connectivity index (χ0) is 24.0. The van der Waals surface area contributed by atoms with Crippen molar-refractivity contribution in [2.24, 2.45) is 0 Å². The Hall–Kier alpha value is -3.53. The fourth-order valence-electron chi connectivity index (χ4n) is 2.95. The molecule has 0 spiro atoms. The summed E-state index contributed by atoms with van der Waals surface area (Å²) < 4.78 is 24.2. The second-order valence-corrected chi connectivity index (χ2v) is 7.80. The van der Waals surface area contributed by atoms with Gasteiger partial charge in [0.25, 0.3) is 5.91 Å². The van der Waals surface area contributed by atoms with Gasteiger partial charge in [-0.2, -0.15) is 5.26 Å². The minimum Gasteiger partial charge on any atom is -0.493 e. The van der Waals surface area contributed by atoms with Gasteiger partial charge in [0.15, 0.2) is 11.5 Å². The number of anilines is 1. The lowest BCUT2D eigenvalue weighted by Crippen LogP contribution is -2.14. The average molecular weight is 485 g/mol. The predicted molar refractivity (Wildman–Crippen MR) is 127 cm³/mol. The highest BCUT2D eigenvalue weighted by atomic mass is 35.5. The van der Waals surface area contributed by atoms with Crippen LogP contribution in [0.1, 0.15) is 16.7 Å². The summed E-state index contributed by atoms with van der Waals surface area (Å²) in [6.45, 7) is 1.92. The topological polar surface area (TPSA) is 71.3 Å². The van der Waals surface area contributed by atoms with E-state index in [2.05, 4.69) is 5.32 Å². The van der Waals surface area contributed by atoms with Gasteiger partial charge in [-0.15, -0.1) is 0 Å². The maximum Gasteiger partial charge on any atom is 0.266 e. The average Bonchev–Trinajstić information content (AvgIpc) is 2.80. The second-order valence-electron chi connectivity index (χ2n) is 6.99. The van der Waals surface area contributed by atoms with E-state index in [0.29, 0.717) is 27.6 Å². The van der Waals surface area contributed by atoms with Crippen molar-refractivity contribution in [2.45, 2.75) is 13.5 Å². The number of carbonyl (C=O) groups is 1. The first-order chi connectivity index (χ1) is 15.8. The molecule has 8 heteroatoms. The summed E-state index contributed by atoms with van der Waals surface area (Å²) in [7, 11) is 1.45. The molecule has 3 rings (SSSR count). The summed E-state index contributed by atoms with van der Waals surface area (Å²) in [5.41, 5.74) is 2.29. The van der Waals surface area contributed by atoms with Gasteiger partial charge in [0.2, 0.25) is 0 Å². The van der Waals surface area contributed by atoms with Crippen LogP contribution in [0, 0.1) is 24.1 Å². The van der Waals surface area contributed by atoms with Crippen LogP contribution in [-0.2, 0) is 11.4 Å². The van der Waals surface area contributed by atoms with Gasteiger partial charge in [-0.05, 0) is 66.1 Å². The van der Waals surface area contributed by atoms with Gasteiger partial charge in [-0.3, -0.25) is 4.79 Å². The first kappa shape index (κ1) is 24.1. The molecule has 0 aliphatic carbocycles. The lowest BCUT2D eigenvalue weighted by molar-refractivity contribution is -0.112. The molecule has 0 heterocycles. The van der Waals surface area contributed by atoms with Crippen molar-refractivity contribution in [1.82, 2.24) is 0 Å². The summed E-state index contributed by atoms with van der Waals surface area (Å²) in [4.78, 5) is 12.6. The van der Waals surface area contributed by atoms with E-state index in [1.54, 1.807) is 49.4 Å². The number of hydrogen-bond donors (Lipinski definition) is 1. The number of halogens is 3. The van der Waals surface area contributed by atoms with Crippen molar-refractivity contribution in [1.29, 1.82) is 5.26 Å². The molecule has 0 atom stereocenters. The Kier molecular flexibility index (Phi) is 7.94. The van der Waals surface area contributed by atoms with Gasteiger partial charge in [-0.25, -0.2) is 4.39 Å². The summed E-state index contributed by atoms with van der Waals surface area (Å²) in [6.07, 6.45) is 1.40. The summed E-state index contributed by atoms with van der Waals surface area (Å²) in [6, 6.07) is 16.0. The summed E-state index contributed by atoms with van der Waals surface area (Å²) in [5, 5.41) is 12.9. The molecule has 3 aromatic carbocycles.